The van der Waals surface area contributed by atoms with Crippen LogP contribution < -0.4 is 0 Å². The normalized spacial score (nSPS) is 27.5. The first-order valence-electron chi connectivity index (χ1n) is 6.39. The molecule has 5 nitrogen and oxygen atoms in total. The van der Waals surface area contributed by atoms with Gasteiger partial charge in [0.25, 0.3) is 0 Å². The second kappa shape index (κ2) is 5.82. The van der Waals surface area contributed by atoms with Crippen LogP contribution in [0.1, 0.15) is 19.3 Å². The van der Waals surface area contributed by atoms with Crippen LogP contribution in [0.5, 0.6) is 0 Å². The van der Waals surface area contributed by atoms with E-state index in [-0.39, 0.29) is 18.4 Å². The average molecular weight is 272 g/mol. The number of amides is 2. The Kier molecular flexibility index (Phi) is 4.37. The number of hydrogen-bond acceptors (Lipinski definition) is 3. The fraction of sp³-hybridized carbons (Fsp3) is 0.833. The van der Waals surface area contributed by atoms with Crippen LogP contribution >= 0.6 is 11.8 Å². The number of carboxylic acids is 1. The third-order valence-corrected chi connectivity index (χ3v) is 4.92. The maximum absolute atomic E-state index is 12.3. The lowest BCUT2D eigenvalue weighted by atomic mass is 10.1. The molecule has 2 unspecified atom stereocenters. The molecule has 0 aromatic rings. The number of carbonyl (C=O) groups excluding carboxylic acids is 1. The predicted octanol–water partition coefficient (Wildman–Crippen LogP) is 1.34. The lowest BCUT2D eigenvalue weighted by Gasteiger charge is -2.29. The molecule has 18 heavy (non-hydrogen) atoms. The molecule has 0 aromatic carbocycles. The molecular formula is C12H20N2O3S. The second-order valence-electron chi connectivity index (χ2n) is 5.11. The summed E-state index contributed by atoms with van der Waals surface area (Å²) in [6.45, 7) is 1.29. The van der Waals surface area contributed by atoms with Crippen molar-refractivity contribution >= 4 is 23.8 Å². The van der Waals surface area contributed by atoms with Crippen molar-refractivity contribution in [3.05, 3.63) is 0 Å². The van der Waals surface area contributed by atoms with Crippen LogP contribution in [0.4, 0.5) is 4.79 Å². The Labute approximate surface area is 112 Å². The van der Waals surface area contributed by atoms with Crippen molar-refractivity contribution in [3.63, 3.8) is 0 Å². The molecule has 6 heteroatoms. The standard InChI is InChI=1S/C12H20N2O3S/c1-13(10-3-5-18-8-10)12(17)14-4-2-9(7-14)6-11(15)16/h9-10H,2-8H2,1H3,(H,15,16). The fourth-order valence-corrected chi connectivity index (χ4v) is 3.89. The number of urea groups is 1. The summed E-state index contributed by atoms with van der Waals surface area (Å²) in [4.78, 5) is 26.6. The maximum atomic E-state index is 12.3. The highest BCUT2D eigenvalue weighted by Gasteiger charge is 2.32. The number of carbonyl (C=O) groups is 2. The Balaban J connectivity index is 1.84. The molecule has 102 valence electrons. The minimum absolute atomic E-state index is 0.0652. The molecule has 2 fully saturated rings. The molecule has 2 atom stereocenters. The predicted molar refractivity (Wildman–Crippen MR) is 70.8 cm³/mol. The molecule has 2 aliphatic rings. The van der Waals surface area contributed by atoms with Crippen LogP contribution in [0.3, 0.4) is 0 Å². The number of thioether (sulfide) groups is 1. The van der Waals surface area contributed by atoms with Gasteiger partial charge in [0, 0.05) is 38.4 Å². The van der Waals surface area contributed by atoms with Gasteiger partial charge >= 0.3 is 12.0 Å². The third kappa shape index (κ3) is 3.10. The maximum Gasteiger partial charge on any atom is 0.320 e. The molecular weight excluding hydrogens is 252 g/mol. The van der Waals surface area contributed by atoms with E-state index in [9.17, 15) is 9.59 Å². The van der Waals surface area contributed by atoms with Crippen molar-refractivity contribution in [2.45, 2.75) is 25.3 Å². The Morgan fingerprint density at radius 3 is 2.83 bits per heavy atom. The summed E-state index contributed by atoms with van der Waals surface area (Å²) in [5.74, 6) is 1.51. The molecule has 0 aliphatic carbocycles. The molecule has 2 rings (SSSR count). The Bertz CT molecular complexity index is 331. The average Bonchev–Trinajstić information content (AvgIpc) is 2.96. The molecule has 0 aromatic heterocycles. The molecule has 2 heterocycles. The van der Waals surface area contributed by atoms with E-state index in [1.807, 2.05) is 23.7 Å². The molecule has 2 aliphatic heterocycles. The van der Waals surface area contributed by atoms with Gasteiger partial charge in [0.2, 0.25) is 0 Å². The zero-order valence-electron chi connectivity index (χ0n) is 10.7. The van der Waals surface area contributed by atoms with Gasteiger partial charge < -0.3 is 14.9 Å². The fourth-order valence-electron chi connectivity index (χ4n) is 2.63. The van der Waals surface area contributed by atoms with Crippen LogP contribution in [0.15, 0.2) is 0 Å². The van der Waals surface area contributed by atoms with Crippen molar-refractivity contribution in [1.82, 2.24) is 9.80 Å². The first-order chi connectivity index (χ1) is 8.58. The molecule has 0 saturated carbocycles. The van der Waals surface area contributed by atoms with E-state index >= 15 is 0 Å². The van der Waals surface area contributed by atoms with Gasteiger partial charge in [0.15, 0.2) is 0 Å². The topological polar surface area (TPSA) is 60.9 Å². The van der Waals surface area contributed by atoms with Crippen LogP contribution in [-0.2, 0) is 4.79 Å². The third-order valence-electron chi connectivity index (χ3n) is 3.77. The van der Waals surface area contributed by atoms with E-state index in [0.29, 0.717) is 19.1 Å². The quantitative estimate of drug-likeness (QED) is 0.842. The van der Waals surface area contributed by atoms with Gasteiger partial charge in [-0.05, 0) is 24.5 Å². The monoisotopic (exact) mass is 272 g/mol. The van der Waals surface area contributed by atoms with Crippen molar-refractivity contribution in [2.24, 2.45) is 5.92 Å². The minimum Gasteiger partial charge on any atom is -0.481 e. The summed E-state index contributed by atoms with van der Waals surface area (Å²) in [6.07, 6.45) is 2.05. The van der Waals surface area contributed by atoms with Gasteiger partial charge in [-0.25, -0.2) is 4.79 Å². The van der Waals surface area contributed by atoms with Crippen LogP contribution in [0.2, 0.25) is 0 Å². The lowest BCUT2D eigenvalue weighted by Crippen LogP contribution is -2.45. The number of hydrogen-bond donors (Lipinski definition) is 1. The van der Waals surface area contributed by atoms with Crippen LogP contribution in [-0.4, -0.2) is 64.6 Å². The highest BCUT2D eigenvalue weighted by atomic mass is 32.2. The first kappa shape index (κ1) is 13.5. The molecule has 0 radical (unpaired) electrons. The SMILES string of the molecule is CN(C(=O)N1CCC(CC(=O)O)C1)C1CCSC1. The van der Waals surface area contributed by atoms with Gasteiger partial charge in [-0.15, -0.1) is 0 Å². The van der Waals surface area contributed by atoms with E-state index in [1.165, 1.54) is 0 Å². The van der Waals surface area contributed by atoms with Gasteiger partial charge in [-0.2, -0.15) is 11.8 Å². The number of likely N-dealkylation sites (tertiary alicyclic amines) is 1. The van der Waals surface area contributed by atoms with Crippen molar-refractivity contribution in [2.75, 3.05) is 31.6 Å². The molecule has 0 bridgehead atoms. The smallest absolute Gasteiger partial charge is 0.320 e. The summed E-state index contributed by atoms with van der Waals surface area (Å²) in [7, 11) is 1.86. The zero-order valence-corrected chi connectivity index (χ0v) is 11.5. The van der Waals surface area contributed by atoms with Crippen molar-refractivity contribution in [1.29, 1.82) is 0 Å². The van der Waals surface area contributed by atoms with Gasteiger partial charge in [0.1, 0.15) is 0 Å². The van der Waals surface area contributed by atoms with E-state index in [0.717, 1.165) is 24.3 Å². The van der Waals surface area contributed by atoms with Gasteiger partial charge in [0.05, 0.1) is 0 Å². The number of nitrogens with zero attached hydrogens (tertiary/aromatic N) is 2. The Morgan fingerprint density at radius 1 is 1.44 bits per heavy atom. The van der Waals surface area contributed by atoms with E-state index < -0.39 is 5.97 Å². The van der Waals surface area contributed by atoms with Crippen molar-refractivity contribution in [3.8, 4) is 0 Å². The summed E-state index contributed by atoms with van der Waals surface area (Å²) in [6, 6.07) is 0.413. The molecule has 2 amide bonds. The number of rotatable bonds is 3. The lowest BCUT2D eigenvalue weighted by molar-refractivity contribution is -0.138. The number of aliphatic carboxylic acids is 1. The second-order valence-corrected chi connectivity index (χ2v) is 6.26. The zero-order chi connectivity index (χ0) is 13.1. The molecule has 2 saturated heterocycles. The minimum atomic E-state index is -0.769. The first-order valence-corrected chi connectivity index (χ1v) is 7.54. The summed E-state index contributed by atoms with van der Waals surface area (Å²) < 4.78 is 0. The molecule has 0 spiro atoms. The molecule has 1 N–H and O–H groups in total. The summed E-state index contributed by atoms with van der Waals surface area (Å²) >= 11 is 1.89. The van der Waals surface area contributed by atoms with Crippen molar-refractivity contribution < 1.29 is 14.7 Å². The van der Waals surface area contributed by atoms with Crippen LogP contribution in [0, 0.1) is 5.92 Å². The van der Waals surface area contributed by atoms with Gasteiger partial charge in [-0.1, -0.05) is 0 Å². The Morgan fingerprint density at radius 2 is 2.22 bits per heavy atom. The van der Waals surface area contributed by atoms with Crippen LogP contribution in [0.25, 0.3) is 0 Å². The van der Waals surface area contributed by atoms with E-state index in [1.54, 1.807) is 4.90 Å². The Hall–Kier alpha value is -0.910. The number of carboxylic acid groups (broad SMARTS) is 1. The highest BCUT2D eigenvalue weighted by Crippen LogP contribution is 2.25. The van der Waals surface area contributed by atoms with E-state index in [2.05, 4.69) is 0 Å². The summed E-state index contributed by atoms with van der Waals surface area (Å²) in [5, 5.41) is 8.76. The van der Waals surface area contributed by atoms with E-state index in [4.69, 9.17) is 5.11 Å². The summed E-state index contributed by atoms with van der Waals surface area (Å²) in [5.41, 5.74) is 0. The largest absolute Gasteiger partial charge is 0.481 e. The highest BCUT2D eigenvalue weighted by molar-refractivity contribution is 7.99. The van der Waals surface area contributed by atoms with Gasteiger partial charge in [-0.3, -0.25) is 4.79 Å².